The summed E-state index contributed by atoms with van der Waals surface area (Å²) in [5.41, 5.74) is 5.61. The van der Waals surface area contributed by atoms with Crippen molar-refractivity contribution in [1.82, 2.24) is 10.4 Å². The maximum atomic E-state index is 12.1. The topological polar surface area (TPSA) is 89.5 Å². The Hall–Kier alpha value is -2.77. The number of amides is 1. The molecule has 3 aliphatic heterocycles. The standard InChI is InChI=1S/C27H30N2O6/c1-27(2)34-23-22(33-25(24(23)35-27)26(30)28-31)21-11-9-19(10-12-21)4-3-18-5-7-20(8-6-18)17-29-13-15-32-16-14-29/h5-12,22-25,31H,13-17H2,1-2H3,(H,28,30)/t22-,23+,24+,25-/m0/s1. The first kappa shape index (κ1) is 23.9. The molecule has 0 bridgehead atoms. The van der Waals surface area contributed by atoms with E-state index in [-0.39, 0.29) is 0 Å². The molecule has 0 spiro atoms. The molecule has 2 N–H and O–H groups in total. The van der Waals surface area contributed by atoms with Crippen LogP contribution in [-0.4, -0.2) is 66.4 Å². The maximum absolute atomic E-state index is 12.1. The first-order chi connectivity index (χ1) is 16.9. The molecule has 184 valence electrons. The van der Waals surface area contributed by atoms with Gasteiger partial charge in [-0.2, -0.15) is 0 Å². The van der Waals surface area contributed by atoms with Gasteiger partial charge in [-0.25, -0.2) is 5.48 Å². The van der Waals surface area contributed by atoms with Crippen molar-refractivity contribution >= 4 is 5.91 Å². The summed E-state index contributed by atoms with van der Waals surface area (Å²) in [5, 5.41) is 9.08. The number of nitrogens with zero attached hydrogens (tertiary/aromatic N) is 1. The number of carbonyl (C=O) groups excluding carboxylic acids is 1. The summed E-state index contributed by atoms with van der Waals surface area (Å²) in [6.07, 6.45) is -2.51. The van der Waals surface area contributed by atoms with Crippen LogP contribution in [0.1, 0.15) is 42.2 Å². The average molecular weight is 479 g/mol. The maximum Gasteiger partial charge on any atom is 0.275 e. The Balaban J connectivity index is 1.25. The molecule has 8 heteroatoms. The second-order valence-corrected chi connectivity index (χ2v) is 9.48. The summed E-state index contributed by atoms with van der Waals surface area (Å²) >= 11 is 0. The van der Waals surface area contributed by atoms with Crippen LogP contribution in [0.25, 0.3) is 0 Å². The molecule has 0 radical (unpaired) electrons. The molecule has 8 nitrogen and oxygen atoms in total. The largest absolute Gasteiger partial charge is 0.379 e. The zero-order valence-electron chi connectivity index (χ0n) is 19.9. The van der Waals surface area contributed by atoms with Gasteiger partial charge in [-0.1, -0.05) is 36.1 Å². The molecular formula is C27H30N2O6. The van der Waals surface area contributed by atoms with Gasteiger partial charge in [0.1, 0.15) is 18.3 Å². The number of nitrogens with one attached hydrogen (secondary N) is 1. The smallest absolute Gasteiger partial charge is 0.275 e. The number of carbonyl (C=O) groups is 1. The molecular weight excluding hydrogens is 448 g/mol. The van der Waals surface area contributed by atoms with Crippen molar-refractivity contribution in [2.24, 2.45) is 0 Å². The van der Waals surface area contributed by atoms with Crippen LogP contribution in [0.2, 0.25) is 0 Å². The van der Waals surface area contributed by atoms with Crippen molar-refractivity contribution in [3.05, 3.63) is 70.8 Å². The molecule has 0 unspecified atom stereocenters. The van der Waals surface area contributed by atoms with Crippen molar-refractivity contribution in [2.75, 3.05) is 26.3 Å². The minimum Gasteiger partial charge on any atom is -0.379 e. The Labute approximate surface area is 205 Å². The third-order valence-corrected chi connectivity index (χ3v) is 6.48. The number of hydroxylamine groups is 1. The molecule has 1 amide bonds. The predicted octanol–water partition coefficient (Wildman–Crippen LogP) is 2.38. The first-order valence-electron chi connectivity index (χ1n) is 11.9. The SMILES string of the molecule is CC1(C)O[C@@H]2[C@H](O1)[C@H](c1ccc(C#Cc3ccc(CN4CCOCC4)cc3)cc1)O[C@@H]2C(=O)NO. The van der Waals surface area contributed by atoms with Crippen molar-refractivity contribution in [3.63, 3.8) is 0 Å². The zero-order valence-corrected chi connectivity index (χ0v) is 19.9. The van der Waals surface area contributed by atoms with E-state index in [1.165, 1.54) is 5.56 Å². The van der Waals surface area contributed by atoms with Crippen molar-refractivity contribution in [3.8, 4) is 11.8 Å². The number of hydrogen-bond acceptors (Lipinski definition) is 7. The number of ether oxygens (including phenoxy) is 4. The Kier molecular flexibility index (Phi) is 6.89. The fourth-order valence-electron chi connectivity index (χ4n) is 4.75. The van der Waals surface area contributed by atoms with Crippen LogP contribution in [0, 0.1) is 11.8 Å². The fourth-order valence-corrected chi connectivity index (χ4v) is 4.75. The van der Waals surface area contributed by atoms with E-state index in [1.807, 2.05) is 24.3 Å². The number of benzene rings is 2. The van der Waals surface area contributed by atoms with Gasteiger partial charge in [0.25, 0.3) is 5.91 Å². The van der Waals surface area contributed by atoms with Crippen LogP contribution in [0.3, 0.4) is 0 Å². The highest BCUT2D eigenvalue weighted by molar-refractivity contribution is 5.81. The molecule has 2 aromatic carbocycles. The van der Waals surface area contributed by atoms with E-state index in [9.17, 15) is 4.79 Å². The summed E-state index contributed by atoms with van der Waals surface area (Å²) in [7, 11) is 0. The fraction of sp³-hybridized carbons (Fsp3) is 0.444. The molecule has 0 aromatic heterocycles. The quantitative estimate of drug-likeness (QED) is 0.396. The van der Waals surface area contributed by atoms with E-state index >= 15 is 0 Å². The molecule has 0 saturated carbocycles. The van der Waals surface area contributed by atoms with E-state index in [2.05, 4.69) is 41.0 Å². The molecule has 3 heterocycles. The highest BCUT2D eigenvalue weighted by Gasteiger charge is 2.57. The van der Waals surface area contributed by atoms with Crippen molar-refractivity contribution in [1.29, 1.82) is 0 Å². The van der Waals surface area contributed by atoms with Gasteiger partial charge in [0.15, 0.2) is 11.9 Å². The van der Waals surface area contributed by atoms with Gasteiger partial charge in [0.05, 0.1) is 13.2 Å². The van der Waals surface area contributed by atoms with Crippen LogP contribution in [0.15, 0.2) is 48.5 Å². The molecule has 3 saturated heterocycles. The Morgan fingerprint density at radius 1 is 1.00 bits per heavy atom. The lowest BCUT2D eigenvalue weighted by Crippen LogP contribution is -2.41. The molecule has 5 rings (SSSR count). The molecule has 0 aliphatic carbocycles. The number of morpholine rings is 1. The molecule has 35 heavy (non-hydrogen) atoms. The van der Waals surface area contributed by atoms with E-state index < -0.39 is 36.1 Å². The number of hydrogen-bond donors (Lipinski definition) is 2. The normalized spacial score (nSPS) is 27.6. The van der Waals surface area contributed by atoms with Crippen molar-refractivity contribution in [2.45, 2.75) is 50.6 Å². The lowest BCUT2D eigenvalue weighted by atomic mass is 10.00. The number of fused-ring (bicyclic) bond motifs is 1. The Morgan fingerprint density at radius 3 is 2.23 bits per heavy atom. The van der Waals surface area contributed by atoms with Gasteiger partial charge in [-0.3, -0.25) is 14.9 Å². The van der Waals surface area contributed by atoms with Gasteiger partial charge in [-0.15, -0.1) is 0 Å². The second-order valence-electron chi connectivity index (χ2n) is 9.48. The van der Waals surface area contributed by atoms with E-state index in [1.54, 1.807) is 19.3 Å². The van der Waals surface area contributed by atoms with Gasteiger partial charge in [0, 0.05) is 30.8 Å². The monoisotopic (exact) mass is 478 g/mol. The highest BCUT2D eigenvalue weighted by atomic mass is 16.8. The summed E-state index contributed by atoms with van der Waals surface area (Å²) in [4.78, 5) is 14.5. The van der Waals surface area contributed by atoms with Gasteiger partial charge < -0.3 is 18.9 Å². The minimum atomic E-state index is -0.956. The van der Waals surface area contributed by atoms with Crippen LogP contribution >= 0.6 is 0 Å². The molecule has 2 aromatic rings. The molecule has 3 aliphatic rings. The number of rotatable bonds is 4. The van der Waals surface area contributed by atoms with Crippen LogP contribution < -0.4 is 5.48 Å². The van der Waals surface area contributed by atoms with Crippen LogP contribution in [-0.2, 0) is 30.3 Å². The molecule has 4 atom stereocenters. The summed E-state index contributed by atoms with van der Waals surface area (Å²) in [6, 6.07) is 16.0. The highest BCUT2D eigenvalue weighted by Crippen LogP contribution is 2.45. The van der Waals surface area contributed by atoms with Gasteiger partial charge in [0.2, 0.25) is 0 Å². The third kappa shape index (κ3) is 5.41. The third-order valence-electron chi connectivity index (χ3n) is 6.48. The second kappa shape index (κ2) is 10.1. The van der Waals surface area contributed by atoms with Crippen LogP contribution in [0.4, 0.5) is 0 Å². The zero-order chi connectivity index (χ0) is 24.4. The predicted molar refractivity (Wildman–Crippen MR) is 126 cm³/mol. The lowest BCUT2D eigenvalue weighted by molar-refractivity contribution is -0.191. The van der Waals surface area contributed by atoms with E-state index in [0.717, 1.165) is 49.5 Å². The Bertz CT molecular complexity index is 1100. The van der Waals surface area contributed by atoms with Crippen LogP contribution in [0.5, 0.6) is 0 Å². The minimum absolute atomic E-state index is 0.458. The van der Waals surface area contributed by atoms with E-state index in [0.29, 0.717) is 0 Å². The van der Waals surface area contributed by atoms with Gasteiger partial charge >= 0.3 is 0 Å². The summed E-state index contributed by atoms with van der Waals surface area (Å²) in [5.74, 6) is 4.93. The summed E-state index contributed by atoms with van der Waals surface area (Å²) in [6.45, 7) is 8.06. The Morgan fingerprint density at radius 2 is 1.60 bits per heavy atom. The first-order valence-corrected chi connectivity index (χ1v) is 11.9. The average Bonchev–Trinajstić information content (AvgIpc) is 3.37. The van der Waals surface area contributed by atoms with E-state index in [4.69, 9.17) is 24.2 Å². The summed E-state index contributed by atoms with van der Waals surface area (Å²) < 4.78 is 23.2. The molecule has 3 fully saturated rings. The lowest BCUT2D eigenvalue weighted by Gasteiger charge is -2.26. The van der Waals surface area contributed by atoms with Crippen molar-refractivity contribution < 1.29 is 28.9 Å². The van der Waals surface area contributed by atoms with Gasteiger partial charge in [-0.05, 0) is 49.2 Å².